The molecule has 0 bridgehead atoms. The molecule has 114 valence electrons. The summed E-state index contributed by atoms with van der Waals surface area (Å²) in [6.07, 6.45) is 0.592. The van der Waals surface area contributed by atoms with E-state index in [1.54, 1.807) is 13.8 Å². The van der Waals surface area contributed by atoms with E-state index in [-0.39, 0.29) is 21.6 Å². The van der Waals surface area contributed by atoms with Crippen LogP contribution in [0.15, 0.2) is 34.1 Å². The maximum Gasteiger partial charge on any atom is 0.446 e. The van der Waals surface area contributed by atoms with Gasteiger partial charge < -0.3 is 0 Å². The van der Waals surface area contributed by atoms with Crippen LogP contribution in [0.5, 0.6) is 0 Å². The first-order chi connectivity index (χ1) is 8.95. The average Bonchev–Trinajstić information content (AvgIpc) is 2.26. The number of alkyl halides is 3. The van der Waals surface area contributed by atoms with E-state index in [0.717, 1.165) is 12.1 Å². The smallest absolute Gasteiger partial charge is 0.207 e. The van der Waals surface area contributed by atoms with Crippen molar-refractivity contribution in [2.24, 2.45) is 0 Å². The standard InChI is InChI=1S/C12H16F3NO2S2/c1-4-11(2,3)16-20(17,18)10-7-5-9(6-8-10)19-12(13,14)15/h5-8,16H,4H2,1-3H3. The molecule has 0 aliphatic carbocycles. The average molecular weight is 327 g/mol. The Morgan fingerprint density at radius 3 is 2.05 bits per heavy atom. The lowest BCUT2D eigenvalue weighted by Gasteiger charge is -2.24. The zero-order chi connectivity index (χ0) is 15.6. The Morgan fingerprint density at radius 2 is 1.65 bits per heavy atom. The van der Waals surface area contributed by atoms with E-state index in [0.29, 0.717) is 6.42 Å². The number of halogens is 3. The molecule has 3 nitrogen and oxygen atoms in total. The molecular formula is C12H16F3NO2S2. The third-order valence-electron chi connectivity index (χ3n) is 2.66. The Morgan fingerprint density at radius 1 is 1.15 bits per heavy atom. The summed E-state index contributed by atoms with van der Waals surface area (Å²) in [4.78, 5) is -0.100. The van der Waals surface area contributed by atoms with Gasteiger partial charge in [-0.1, -0.05) is 6.92 Å². The van der Waals surface area contributed by atoms with Crippen LogP contribution in [0.3, 0.4) is 0 Å². The SMILES string of the molecule is CCC(C)(C)NS(=O)(=O)c1ccc(SC(F)(F)F)cc1. The van der Waals surface area contributed by atoms with E-state index in [1.807, 2.05) is 6.92 Å². The maximum absolute atomic E-state index is 12.2. The summed E-state index contributed by atoms with van der Waals surface area (Å²) >= 11 is -0.278. The first kappa shape index (κ1) is 17.3. The largest absolute Gasteiger partial charge is 0.446 e. The van der Waals surface area contributed by atoms with Gasteiger partial charge in [0.2, 0.25) is 10.0 Å². The molecule has 0 saturated heterocycles. The molecular weight excluding hydrogens is 311 g/mol. The van der Waals surface area contributed by atoms with E-state index < -0.39 is 21.1 Å². The van der Waals surface area contributed by atoms with Crippen LogP contribution in [-0.4, -0.2) is 19.5 Å². The molecule has 0 aliphatic rings. The van der Waals surface area contributed by atoms with Crippen molar-refractivity contribution in [3.63, 3.8) is 0 Å². The fraction of sp³-hybridized carbons (Fsp3) is 0.500. The summed E-state index contributed by atoms with van der Waals surface area (Å²) in [5, 5.41) is 0. The number of hydrogen-bond acceptors (Lipinski definition) is 3. The normalized spacial score (nSPS) is 13.5. The Labute approximate surface area is 121 Å². The lowest BCUT2D eigenvalue weighted by atomic mass is 10.0. The summed E-state index contributed by atoms with van der Waals surface area (Å²) in [5.74, 6) is 0. The van der Waals surface area contributed by atoms with E-state index in [4.69, 9.17) is 0 Å². The number of thioether (sulfide) groups is 1. The van der Waals surface area contributed by atoms with Gasteiger partial charge >= 0.3 is 5.51 Å². The summed E-state index contributed by atoms with van der Waals surface area (Å²) in [7, 11) is -3.73. The first-order valence-corrected chi connectivity index (χ1v) is 8.15. The molecule has 0 atom stereocenters. The van der Waals surface area contributed by atoms with Crippen molar-refractivity contribution in [3.8, 4) is 0 Å². The lowest BCUT2D eigenvalue weighted by molar-refractivity contribution is -0.0328. The number of rotatable bonds is 5. The molecule has 1 aromatic rings. The van der Waals surface area contributed by atoms with Gasteiger partial charge in [0.15, 0.2) is 0 Å². The maximum atomic E-state index is 12.2. The molecule has 1 N–H and O–H groups in total. The molecule has 0 spiro atoms. The molecule has 0 saturated carbocycles. The van der Waals surface area contributed by atoms with Gasteiger partial charge in [-0.15, -0.1) is 0 Å². The van der Waals surface area contributed by atoms with Gasteiger partial charge in [-0.2, -0.15) is 13.2 Å². The van der Waals surface area contributed by atoms with Crippen LogP contribution >= 0.6 is 11.8 Å². The summed E-state index contributed by atoms with van der Waals surface area (Å²) in [6.45, 7) is 5.31. The van der Waals surface area contributed by atoms with Crippen molar-refractivity contribution >= 4 is 21.8 Å². The van der Waals surface area contributed by atoms with E-state index in [1.165, 1.54) is 12.1 Å². The van der Waals surface area contributed by atoms with Crippen LogP contribution in [-0.2, 0) is 10.0 Å². The number of benzene rings is 1. The molecule has 0 aromatic heterocycles. The molecule has 0 amide bonds. The molecule has 8 heteroatoms. The highest BCUT2D eigenvalue weighted by atomic mass is 32.2. The molecule has 0 fully saturated rings. The number of sulfonamides is 1. The van der Waals surface area contributed by atoms with Gasteiger partial charge in [-0.05, 0) is 56.3 Å². The second kappa shape index (κ2) is 5.95. The number of nitrogens with one attached hydrogen (secondary N) is 1. The van der Waals surface area contributed by atoms with Crippen molar-refractivity contribution < 1.29 is 21.6 Å². The van der Waals surface area contributed by atoms with Gasteiger partial charge in [0, 0.05) is 10.4 Å². The highest BCUT2D eigenvalue weighted by molar-refractivity contribution is 8.00. The van der Waals surface area contributed by atoms with Crippen molar-refractivity contribution in [2.75, 3.05) is 0 Å². The van der Waals surface area contributed by atoms with Crippen LogP contribution in [0.1, 0.15) is 27.2 Å². The minimum Gasteiger partial charge on any atom is -0.207 e. The quantitative estimate of drug-likeness (QED) is 0.838. The monoisotopic (exact) mass is 327 g/mol. The third-order valence-corrected chi connectivity index (χ3v) is 5.12. The molecule has 0 unspecified atom stereocenters. The molecule has 0 aliphatic heterocycles. The second-order valence-electron chi connectivity index (χ2n) is 4.86. The fourth-order valence-electron chi connectivity index (χ4n) is 1.32. The zero-order valence-electron chi connectivity index (χ0n) is 11.3. The Balaban J connectivity index is 2.93. The van der Waals surface area contributed by atoms with Crippen LogP contribution in [0.25, 0.3) is 0 Å². The van der Waals surface area contributed by atoms with E-state index in [2.05, 4.69) is 4.72 Å². The fourth-order valence-corrected chi connectivity index (χ4v) is 3.34. The predicted molar refractivity (Wildman–Crippen MR) is 73.0 cm³/mol. The van der Waals surface area contributed by atoms with Gasteiger partial charge in [0.05, 0.1) is 4.90 Å². The predicted octanol–water partition coefficient (Wildman–Crippen LogP) is 3.77. The van der Waals surface area contributed by atoms with E-state index >= 15 is 0 Å². The summed E-state index contributed by atoms with van der Waals surface area (Å²) in [5.41, 5.74) is -5.00. The first-order valence-electron chi connectivity index (χ1n) is 5.85. The van der Waals surface area contributed by atoms with E-state index in [9.17, 15) is 21.6 Å². The molecule has 0 radical (unpaired) electrons. The highest BCUT2D eigenvalue weighted by Crippen LogP contribution is 2.36. The summed E-state index contributed by atoms with van der Waals surface area (Å²) < 4.78 is 63.2. The Kier molecular flexibility index (Phi) is 5.15. The molecule has 0 heterocycles. The van der Waals surface area contributed by atoms with Crippen molar-refractivity contribution in [3.05, 3.63) is 24.3 Å². The Hall–Kier alpha value is -0.730. The molecule has 20 heavy (non-hydrogen) atoms. The molecule has 1 aromatic carbocycles. The number of hydrogen-bond donors (Lipinski definition) is 1. The molecule has 1 rings (SSSR count). The van der Waals surface area contributed by atoms with Gasteiger partial charge in [0.25, 0.3) is 0 Å². The van der Waals surface area contributed by atoms with Crippen LogP contribution in [0.4, 0.5) is 13.2 Å². The van der Waals surface area contributed by atoms with Crippen LogP contribution in [0, 0.1) is 0 Å². The van der Waals surface area contributed by atoms with Gasteiger partial charge in [0.1, 0.15) is 0 Å². The topological polar surface area (TPSA) is 46.2 Å². The third kappa shape index (κ3) is 5.34. The Bertz CT molecular complexity index is 551. The van der Waals surface area contributed by atoms with Crippen molar-refractivity contribution in [1.29, 1.82) is 0 Å². The van der Waals surface area contributed by atoms with Crippen molar-refractivity contribution in [2.45, 2.75) is 48.0 Å². The zero-order valence-corrected chi connectivity index (χ0v) is 12.9. The lowest BCUT2D eigenvalue weighted by Crippen LogP contribution is -2.42. The minimum absolute atomic E-state index is 0.0498. The van der Waals surface area contributed by atoms with Crippen molar-refractivity contribution in [1.82, 2.24) is 4.72 Å². The van der Waals surface area contributed by atoms with Crippen LogP contribution < -0.4 is 4.72 Å². The highest BCUT2D eigenvalue weighted by Gasteiger charge is 2.29. The van der Waals surface area contributed by atoms with Gasteiger partial charge in [-0.25, -0.2) is 13.1 Å². The van der Waals surface area contributed by atoms with Gasteiger partial charge in [-0.3, -0.25) is 0 Å². The minimum atomic E-state index is -4.39. The second-order valence-corrected chi connectivity index (χ2v) is 7.68. The van der Waals surface area contributed by atoms with Crippen LogP contribution in [0.2, 0.25) is 0 Å². The summed E-state index contributed by atoms with van der Waals surface area (Å²) in [6, 6.07) is 4.63.